The predicted octanol–water partition coefficient (Wildman–Crippen LogP) is 9.30. The van der Waals surface area contributed by atoms with Gasteiger partial charge in [0.1, 0.15) is 10.7 Å². The SMILES string of the molecule is CC1(C)CCC(c2ccc(Cl)cc2)=C(CN2CCN(c3ccc(C(=O)NS(=O)(=O)c4ccc(N[C@H](CCN5C[C@H]6C[C@@H]5CN6Cc5ccnc(N6CCC(=O)NC6=O)c5)CSc5ccccc5)c(S(=O)(=O)C(F)(F)F)c4)cc3)CC2)C1. The topological polar surface area (TPSA) is 185 Å². The summed E-state index contributed by atoms with van der Waals surface area (Å²) in [6.07, 6.45) is 6.23. The van der Waals surface area contributed by atoms with E-state index in [1.807, 2.05) is 59.3 Å². The van der Waals surface area contributed by atoms with Crippen molar-refractivity contribution in [3.05, 3.63) is 143 Å². The van der Waals surface area contributed by atoms with Gasteiger partial charge in [0.2, 0.25) is 5.91 Å². The number of nitrogens with zero attached hydrogens (tertiary/aromatic N) is 6. The van der Waals surface area contributed by atoms with Gasteiger partial charge in [0.15, 0.2) is 0 Å². The number of piperazine rings is 2. The van der Waals surface area contributed by atoms with Gasteiger partial charge in [-0.3, -0.25) is 34.5 Å². The number of carbonyl (C=O) groups excluding carboxylic acids is 3. The molecule has 4 amide bonds. The Morgan fingerprint density at radius 1 is 0.852 bits per heavy atom. The van der Waals surface area contributed by atoms with E-state index in [0.717, 1.165) is 99.8 Å². The van der Waals surface area contributed by atoms with Crippen molar-refractivity contribution < 1.29 is 44.4 Å². The highest BCUT2D eigenvalue weighted by molar-refractivity contribution is 7.99. The number of anilines is 3. The number of urea groups is 1. The molecule has 0 saturated carbocycles. The van der Waals surface area contributed by atoms with E-state index in [1.165, 1.54) is 45.5 Å². The van der Waals surface area contributed by atoms with Crippen LogP contribution >= 0.6 is 23.4 Å². The zero-order valence-corrected chi connectivity index (χ0v) is 48.2. The molecule has 4 aliphatic heterocycles. The molecule has 81 heavy (non-hydrogen) atoms. The largest absolute Gasteiger partial charge is 0.501 e. The molecule has 1 aromatic heterocycles. The smallest absolute Gasteiger partial charge is 0.380 e. The molecular weight excluding hydrogens is 1120 g/mol. The number of likely N-dealkylation sites (tertiary alicyclic amines) is 2. The van der Waals surface area contributed by atoms with Crippen molar-refractivity contribution in [2.75, 3.05) is 79.8 Å². The Balaban J connectivity index is 0.783. The van der Waals surface area contributed by atoms with Crippen molar-refractivity contribution in [2.24, 2.45) is 5.41 Å². The predicted molar refractivity (Wildman–Crippen MR) is 309 cm³/mol. The van der Waals surface area contributed by atoms with E-state index >= 15 is 0 Å². The van der Waals surface area contributed by atoms with E-state index in [1.54, 1.807) is 18.3 Å². The van der Waals surface area contributed by atoms with Gasteiger partial charge in [-0.25, -0.2) is 31.3 Å². The molecule has 5 aromatic rings. The number of rotatable bonds is 19. The Kier molecular flexibility index (Phi) is 17.3. The van der Waals surface area contributed by atoms with E-state index in [2.05, 4.69) is 61.2 Å². The number of allylic oxidation sites excluding steroid dienone is 1. The van der Waals surface area contributed by atoms with Crippen LogP contribution < -0.4 is 25.2 Å². The Morgan fingerprint density at radius 2 is 1.57 bits per heavy atom. The lowest BCUT2D eigenvalue weighted by Gasteiger charge is -2.39. The molecule has 430 valence electrons. The number of pyridine rings is 1. The molecule has 0 radical (unpaired) electrons. The first-order chi connectivity index (χ1) is 38.6. The van der Waals surface area contributed by atoms with Gasteiger partial charge in [0, 0.05) is 123 Å². The van der Waals surface area contributed by atoms with Gasteiger partial charge >= 0.3 is 11.5 Å². The molecule has 23 heteroatoms. The van der Waals surface area contributed by atoms with Gasteiger partial charge in [-0.2, -0.15) is 13.2 Å². The van der Waals surface area contributed by atoms with Crippen LogP contribution in [0.15, 0.2) is 136 Å². The maximum absolute atomic E-state index is 14.5. The maximum atomic E-state index is 14.5. The first-order valence-electron chi connectivity index (χ1n) is 27.1. The molecule has 4 fully saturated rings. The fourth-order valence-electron chi connectivity index (χ4n) is 11.7. The van der Waals surface area contributed by atoms with Gasteiger partial charge in [-0.15, -0.1) is 11.8 Å². The van der Waals surface area contributed by atoms with Crippen LogP contribution in [0.1, 0.15) is 73.9 Å². The van der Waals surface area contributed by atoms with E-state index in [0.29, 0.717) is 42.2 Å². The van der Waals surface area contributed by atoms with Crippen molar-refractivity contribution in [3.63, 3.8) is 0 Å². The van der Waals surface area contributed by atoms with Gasteiger partial charge < -0.3 is 10.2 Å². The molecular formula is C58H65ClF3N9O7S3. The average molecular weight is 1190 g/mol. The summed E-state index contributed by atoms with van der Waals surface area (Å²) in [7, 11) is -11.0. The number of thioether (sulfide) groups is 1. The van der Waals surface area contributed by atoms with Crippen molar-refractivity contribution >= 4 is 83.8 Å². The number of benzene rings is 4. The third-order valence-corrected chi connectivity index (χ3v) is 20.3. The van der Waals surface area contributed by atoms with E-state index in [4.69, 9.17) is 11.6 Å². The number of fused-ring (bicyclic) bond motifs is 2. The van der Waals surface area contributed by atoms with Crippen LogP contribution in [0.5, 0.6) is 0 Å². The molecule has 3 atom stereocenters. The molecule has 0 spiro atoms. The van der Waals surface area contributed by atoms with Crippen molar-refractivity contribution in [1.29, 1.82) is 0 Å². The number of imide groups is 1. The number of nitrogens with one attached hydrogen (secondary N) is 3. The fraction of sp³-hybridized carbons (Fsp3) is 0.414. The second kappa shape index (κ2) is 24.1. The highest BCUT2D eigenvalue weighted by Crippen LogP contribution is 2.43. The lowest BCUT2D eigenvalue weighted by atomic mass is 9.73. The minimum Gasteiger partial charge on any atom is -0.380 e. The third kappa shape index (κ3) is 13.8. The minimum atomic E-state index is -6.13. The number of amides is 4. The fourth-order valence-corrected chi connectivity index (χ4v) is 14.8. The van der Waals surface area contributed by atoms with Crippen LogP contribution in [0.2, 0.25) is 5.02 Å². The number of alkyl halides is 3. The Labute approximate surface area is 480 Å². The van der Waals surface area contributed by atoms with E-state index < -0.39 is 58.8 Å². The van der Waals surface area contributed by atoms with Crippen LogP contribution in [0.3, 0.4) is 0 Å². The Bertz CT molecular complexity index is 3400. The lowest BCUT2D eigenvalue weighted by molar-refractivity contribution is -0.120. The molecule has 5 heterocycles. The third-order valence-electron chi connectivity index (χ3n) is 16.0. The maximum Gasteiger partial charge on any atom is 0.501 e. The zero-order valence-electron chi connectivity index (χ0n) is 45.0. The number of aromatic nitrogens is 1. The summed E-state index contributed by atoms with van der Waals surface area (Å²) in [6.45, 7) is 11.4. The van der Waals surface area contributed by atoms with Gasteiger partial charge in [-0.05, 0) is 133 Å². The van der Waals surface area contributed by atoms with Crippen LogP contribution in [0.4, 0.5) is 35.2 Å². The highest BCUT2D eigenvalue weighted by atomic mass is 35.5. The van der Waals surface area contributed by atoms with Crippen LogP contribution in [-0.2, 0) is 31.2 Å². The number of halogens is 4. The van der Waals surface area contributed by atoms with Gasteiger partial charge in [0.05, 0.1) is 10.6 Å². The number of sulfone groups is 1. The molecule has 5 aliphatic rings. The van der Waals surface area contributed by atoms with E-state index in [9.17, 15) is 44.4 Å². The second-order valence-corrected chi connectivity index (χ2v) is 27.4. The monoisotopic (exact) mass is 1190 g/mol. The summed E-state index contributed by atoms with van der Waals surface area (Å²) in [6, 6.07) is 29.3. The summed E-state index contributed by atoms with van der Waals surface area (Å²) in [5.74, 6) is -0.587. The summed E-state index contributed by atoms with van der Waals surface area (Å²) >= 11 is 7.65. The van der Waals surface area contributed by atoms with Gasteiger partial charge in [0.25, 0.3) is 25.8 Å². The van der Waals surface area contributed by atoms with E-state index in [-0.39, 0.29) is 41.9 Å². The Morgan fingerprint density at radius 3 is 2.26 bits per heavy atom. The molecule has 10 rings (SSSR count). The summed E-state index contributed by atoms with van der Waals surface area (Å²) < 4.78 is 99.8. The lowest BCUT2D eigenvalue weighted by Crippen LogP contribution is -2.50. The average Bonchev–Trinajstić information content (AvgIpc) is 4.04. The normalized spacial score (nSPS) is 20.6. The van der Waals surface area contributed by atoms with Crippen molar-refractivity contribution in [2.45, 2.75) is 97.2 Å². The first kappa shape index (κ1) is 58.2. The quantitative estimate of drug-likeness (QED) is 0.0665. The number of hydrogen-bond donors (Lipinski definition) is 3. The Hall–Kier alpha value is -6.01. The number of hydrogen-bond acceptors (Lipinski definition) is 14. The zero-order chi connectivity index (χ0) is 57.3. The molecule has 2 bridgehead atoms. The second-order valence-electron chi connectivity index (χ2n) is 22.3. The summed E-state index contributed by atoms with van der Waals surface area (Å²) in [5.41, 5.74) is -0.205. The highest BCUT2D eigenvalue weighted by Gasteiger charge is 2.49. The molecule has 4 aromatic carbocycles. The number of sulfonamides is 1. The molecule has 16 nitrogen and oxygen atoms in total. The molecule has 4 saturated heterocycles. The molecule has 3 N–H and O–H groups in total. The standard InChI is InChI=1S/C58H65ClF3N9O7S3/c1-57(2)22-18-50(40-8-12-43(59)13-9-40)42(33-57)35-67-26-28-68(29-27-67)45-14-10-41(11-15-45)55(73)66-81(77,78)49-16-17-51(52(32-49)80(75,76)58(60,61)62)64-44(38-79-48-6-4-3-5-7-48)20-24-69-36-47-31-46(69)37-70(47)34-39-19-23-63-53(30-39)71-25-21-54(72)65-56(71)74/h3-17,19,23,30,32,44,46-47,64H,18,20-22,24-29,31,33-38H2,1-2H3,(H,66,73)(H,65,72,74)/t44-,46-,47-/m1/s1. The summed E-state index contributed by atoms with van der Waals surface area (Å²) in [4.78, 5) is 51.6. The van der Waals surface area contributed by atoms with Crippen molar-refractivity contribution in [1.82, 2.24) is 29.7 Å². The van der Waals surface area contributed by atoms with Crippen LogP contribution in [0, 0.1) is 5.41 Å². The van der Waals surface area contributed by atoms with Crippen molar-refractivity contribution in [3.8, 4) is 0 Å². The number of carbonyl (C=O) groups is 3. The van der Waals surface area contributed by atoms with Gasteiger partial charge in [-0.1, -0.05) is 61.4 Å². The van der Waals surface area contributed by atoms with Crippen LogP contribution in [-0.4, -0.2) is 143 Å². The first-order valence-corrected chi connectivity index (χ1v) is 31.5. The molecule has 0 unspecified atom stereocenters. The summed E-state index contributed by atoms with van der Waals surface area (Å²) in [5, 5.41) is 6.10. The van der Waals surface area contributed by atoms with Crippen LogP contribution in [0.25, 0.3) is 5.57 Å². The molecule has 1 aliphatic carbocycles. The minimum absolute atomic E-state index is 0.0191.